The second-order valence-corrected chi connectivity index (χ2v) is 8.63. The Balaban J connectivity index is 1.63. The summed E-state index contributed by atoms with van der Waals surface area (Å²) in [5.41, 5.74) is 0.428. The molecule has 1 unspecified atom stereocenters. The molecule has 0 aromatic carbocycles. The molecule has 2 heterocycles. The van der Waals surface area contributed by atoms with E-state index in [1.807, 2.05) is 0 Å². The summed E-state index contributed by atoms with van der Waals surface area (Å²) in [6, 6.07) is -0.103. The summed E-state index contributed by atoms with van der Waals surface area (Å²) in [7, 11) is 0. The van der Waals surface area contributed by atoms with Crippen LogP contribution >= 0.6 is 11.5 Å². The van der Waals surface area contributed by atoms with Crippen molar-refractivity contribution in [2.75, 3.05) is 13.1 Å². The molecule has 1 atom stereocenters. The van der Waals surface area contributed by atoms with Crippen LogP contribution in [0, 0.1) is 18.3 Å². The molecule has 1 saturated heterocycles. The highest BCUT2D eigenvalue weighted by atomic mass is 32.1. The van der Waals surface area contributed by atoms with Crippen molar-refractivity contribution >= 4 is 23.3 Å². The van der Waals surface area contributed by atoms with Gasteiger partial charge in [-0.05, 0) is 44.1 Å². The third-order valence-electron chi connectivity index (χ3n) is 5.42. The fraction of sp³-hybridized carbons (Fsp3) is 0.765. The number of aromatic nitrogens is 2. The van der Waals surface area contributed by atoms with Crippen LogP contribution in [0.3, 0.4) is 0 Å². The molecule has 1 aliphatic carbocycles. The second-order valence-electron chi connectivity index (χ2n) is 7.87. The molecule has 8 heteroatoms. The molecule has 0 radical (unpaired) electrons. The number of nitrogens with zero attached hydrogens (tertiary/aromatic N) is 3. The van der Waals surface area contributed by atoms with Crippen molar-refractivity contribution in [1.82, 2.24) is 19.8 Å². The van der Waals surface area contributed by atoms with Gasteiger partial charge in [-0.1, -0.05) is 18.3 Å². The van der Waals surface area contributed by atoms with Gasteiger partial charge in [0.2, 0.25) is 5.91 Å². The van der Waals surface area contributed by atoms with Gasteiger partial charge in [0, 0.05) is 24.4 Å². The topological polar surface area (TPSA) is 75.2 Å². The summed E-state index contributed by atoms with van der Waals surface area (Å²) in [5.74, 6) is -0.189. The zero-order valence-corrected chi connectivity index (χ0v) is 15.7. The van der Waals surface area contributed by atoms with Gasteiger partial charge in [0.25, 0.3) is 5.91 Å². The molecule has 2 aliphatic rings. The molecule has 3 rings (SSSR count). The van der Waals surface area contributed by atoms with Gasteiger partial charge in [-0.3, -0.25) is 9.59 Å². The maximum absolute atomic E-state index is 13.3. The van der Waals surface area contributed by atoms with Gasteiger partial charge in [0.1, 0.15) is 11.0 Å². The molecular weight excluding hydrogens is 343 g/mol. The number of hydrogen-bond acceptors (Lipinski definition) is 5. The summed E-state index contributed by atoms with van der Waals surface area (Å²) in [6.07, 6.45) is 1.38. The largest absolute Gasteiger partial charge is 0.351 e. The summed E-state index contributed by atoms with van der Waals surface area (Å²) in [5, 5.41) is 7.02. The molecule has 1 N–H and O–H groups in total. The van der Waals surface area contributed by atoms with Crippen LogP contribution < -0.4 is 5.32 Å². The number of nitrogens with one attached hydrogen (secondary N) is 1. The highest BCUT2D eigenvalue weighted by molar-refractivity contribution is 7.07. The van der Waals surface area contributed by atoms with E-state index in [2.05, 4.69) is 28.8 Å². The van der Waals surface area contributed by atoms with Crippen molar-refractivity contribution in [2.45, 2.75) is 58.7 Å². The van der Waals surface area contributed by atoms with Gasteiger partial charge < -0.3 is 10.2 Å². The number of carbonyl (C=O) groups is 2. The van der Waals surface area contributed by atoms with Crippen LogP contribution in [0.2, 0.25) is 0 Å². The lowest BCUT2D eigenvalue weighted by Crippen LogP contribution is -2.47. The Hall–Kier alpha value is -1.57. The van der Waals surface area contributed by atoms with E-state index >= 15 is 0 Å². The highest BCUT2D eigenvalue weighted by Gasteiger charge is 2.43. The molecule has 0 spiro atoms. The fourth-order valence-corrected chi connectivity index (χ4v) is 4.33. The van der Waals surface area contributed by atoms with Crippen molar-refractivity contribution in [3.8, 4) is 0 Å². The monoisotopic (exact) mass is 368 g/mol. The third-order valence-corrected chi connectivity index (χ3v) is 6.24. The normalized spacial score (nSPS) is 28.8. The lowest BCUT2D eigenvalue weighted by atomic mass is 9.85. The van der Waals surface area contributed by atoms with Crippen LogP contribution in [0.5, 0.6) is 0 Å². The van der Waals surface area contributed by atoms with Crippen molar-refractivity contribution in [3.63, 3.8) is 0 Å². The molecule has 138 valence electrons. The smallest absolute Gasteiger partial charge is 0.267 e. The minimum atomic E-state index is -0.767. The second kappa shape index (κ2) is 6.97. The summed E-state index contributed by atoms with van der Waals surface area (Å²) in [6.45, 7) is 6.94. The van der Waals surface area contributed by atoms with E-state index in [1.165, 1.54) is 0 Å². The average Bonchev–Trinajstić information content (AvgIpc) is 3.11. The Kier molecular flexibility index (Phi) is 5.09. The fourth-order valence-electron chi connectivity index (χ4n) is 3.71. The van der Waals surface area contributed by atoms with Crippen molar-refractivity contribution in [2.24, 2.45) is 11.3 Å². The standard InChI is InChI=1S/C17H25FN4O2S/c1-10-14(25-21-20-10)16(24)22-8-13(17(2,3)9-22)19-15(23)11-4-6-12(18)7-5-11/h11-13H,4-9H2,1-3H3,(H,19,23). The van der Waals surface area contributed by atoms with E-state index in [0.29, 0.717) is 49.3 Å². The number of carbonyl (C=O) groups excluding carboxylic acids is 2. The minimum absolute atomic E-state index is 0.00471. The number of halogens is 1. The first-order valence-electron chi connectivity index (χ1n) is 8.80. The van der Waals surface area contributed by atoms with Gasteiger partial charge in [-0.15, -0.1) is 5.10 Å². The van der Waals surface area contributed by atoms with E-state index in [0.717, 1.165) is 11.5 Å². The van der Waals surface area contributed by atoms with E-state index < -0.39 is 6.17 Å². The molecule has 1 aliphatic heterocycles. The number of amides is 2. The lowest BCUT2D eigenvalue weighted by molar-refractivity contribution is -0.127. The summed E-state index contributed by atoms with van der Waals surface area (Å²) < 4.78 is 17.1. The van der Waals surface area contributed by atoms with Gasteiger partial charge in [0.05, 0.1) is 11.7 Å². The van der Waals surface area contributed by atoms with Gasteiger partial charge >= 0.3 is 0 Å². The Morgan fingerprint density at radius 3 is 2.56 bits per heavy atom. The van der Waals surface area contributed by atoms with E-state index in [9.17, 15) is 14.0 Å². The number of alkyl halides is 1. The Labute approximate surface area is 151 Å². The SMILES string of the molecule is Cc1nnsc1C(=O)N1CC(NC(=O)C2CCC(F)CC2)C(C)(C)C1. The Morgan fingerprint density at radius 1 is 1.28 bits per heavy atom. The number of rotatable bonds is 3. The van der Waals surface area contributed by atoms with Crippen LogP contribution in [0.4, 0.5) is 4.39 Å². The van der Waals surface area contributed by atoms with Crippen LogP contribution in [0.1, 0.15) is 54.9 Å². The first kappa shape index (κ1) is 18.2. The molecule has 1 aromatic rings. The van der Waals surface area contributed by atoms with Gasteiger partial charge in [-0.25, -0.2) is 4.39 Å². The van der Waals surface area contributed by atoms with Crippen LogP contribution in [0.15, 0.2) is 0 Å². The van der Waals surface area contributed by atoms with Gasteiger partial charge in [0.15, 0.2) is 0 Å². The molecule has 2 fully saturated rings. The maximum atomic E-state index is 13.3. The molecular formula is C17H25FN4O2S. The van der Waals surface area contributed by atoms with Crippen molar-refractivity contribution in [1.29, 1.82) is 0 Å². The highest BCUT2D eigenvalue weighted by Crippen LogP contribution is 2.33. The van der Waals surface area contributed by atoms with Crippen molar-refractivity contribution in [3.05, 3.63) is 10.6 Å². The first-order valence-corrected chi connectivity index (χ1v) is 9.58. The van der Waals surface area contributed by atoms with Gasteiger partial charge in [-0.2, -0.15) is 0 Å². The quantitative estimate of drug-likeness (QED) is 0.889. The predicted molar refractivity (Wildman–Crippen MR) is 93.1 cm³/mol. The summed E-state index contributed by atoms with van der Waals surface area (Å²) in [4.78, 5) is 27.6. The molecule has 25 heavy (non-hydrogen) atoms. The molecule has 1 aromatic heterocycles. The van der Waals surface area contributed by atoms with E-state index in [1.54, 1.807) is 11.8 Å². The maximum Gasteiger partial charge on any atom is 0.267 e. The average molecular weight is 368 g/mol. The number of likely N-dealkylation sites (tertiary alicyclic amines) is 1. The minimum Gasteiger partial charge on any atom is -0.351 e. The van der Waals surface area contributed by atoms with Crippen LogP contribution in [-0.2, 0) is 4.79 Å². The molecule has 6 nitrogen and oxygen atoms in total. The number of hydrogen-bond donors (Lipinski definition) is 1. The van der Waals surface area contributed by atoms with E-state index in [4.69, 9.17) is 0 Å². The number of aryl methyl sites for hydroxylation is 1. The summed E-state index contributed by atoms with van der Waals surface area (Å²) >= 11 is 1.11. The Morgan fingerprint density at radius 2 is 1.96 bits per heavy atom. The molecule has 2 amide bonds. The first-order chi connectivity index (χ1) is 11.8. The lowest BCUT2D eigenvalue weighted by Gasteiger charge is -2.29. The van der Waals surface area contributed by atoms with Crippen molar-refractivity contribution < 1.29 is 14.0 Å². The third kappa shape index (κ3) is 3.83. The predicted octanol–water partition coefficient (Wildman–Crippen LogP) is 2.34. The van der Waals surface area contributed by atoms with Crippen LogP contribution in [-0.4, -0.2) is 51.6 Å². The van der Waals surface area contributed by atoms with E-state index in [-0.39, 0.29) is 29.2 Å². The Bertz CT molecular complexity index is 655. The molecule has 1 saturated carbocycles. The van der Waals surface area contributed by atoms with Crippen LogP contribution in [0.25, 0.3) is 0 Å². The molecule has 0 bridgehead atoms. The zero-order valence-electron chi connectivity index (χ0n) is 14.9. The zero-order chi connectivity index (χ0) is 18.2.